The fourth-order valence-corrected chi connectivity index (χ4v) is 3.14. The van der Waals surface area contributed by atoms with Crippen molar-refractivity contribution in [3.63, 3.8) is 0 Å². The first-order chi connectivity index (χ1) is 7.35. The highest BCUT2D eigenvalue weighted by Crippen LogP contribution is 2.33. The number of nitrogens with zero attached hydrogens (tertiary/aromatic N) is 1. The Morgan fingerprint density at radius 1 is 1.60 bits per heavy atom. The van der Waals surface area contributed by atoms with Crippen LogP contribution in [0.25, 0.3) is 0 Å². The molecule has 1 aliphatic rings. The van der Waals surface area contributed by atoms with Gasteiger partial charge in [-0.2, -0.15) is 0 Å². The Kier molecular flexibility index (Phi) is 3.72. The van der Waals surface area contributed by atoms with Gasteiger partial charge in [0.1, 0.15) is 11.1 Å². The predicted octanol–water partition coefficient (Wildman–Crippen LogP) is 2.28. The van der Waals surface area contributed by atoms with Gasteiger partial charge in [-0.15, -0.1) is 11.3 Å². The lowest BCUT2D eigenvalue weighted by atomic mass is 10.2. The van der Waals surface area contributed by atoms with Crippen LogP contribution in [0.3, 0.4) is 0 Å². The molecule has 1 aromatic rings. The van der Waals surface area contributed by atoms with Crippen molar-refractivity contribution in [2.45, 2.75) is 38.8 Å². The first-order valence-corrected chi connectivity index (χ1v) is 6.41. The number of hydrogen-bond acceptors (Lipinski definition) is 4. The topological polar surface area (TPSA) is 34.1 Å². The maximum Gasteiger partial charge on any atom is 0.122 e. The number of aromatic nitrogens is 1. The maximum atomic E-state index is 5.66. The van der Waals surface area contributed by atoms with E-state index in [4.69, 9.17) is 4.74 Å². The molecule has 0 radical (unpaired) electrons. The van der Waals surface area contributed by atoms with Gasteiger partial charge in [0.15, 0.2) is 0 Å². The average Bonchev–Trinajstić information content (AvgIpc) is 2.84. The van der Waals surface area contributed by atoms with Crippen molar-refractivity contribution in [1.82, 2.24) is 10.3 Å². The Labute approximate surface area is 94.9 Å². The molecule has 15 heavy (non-hydrogen) atoms. The monoisotopic (exact) mass is 226 g/mol. The predicted molar refractivity (Wildman–Crippen MR) is 62.2 cm³/mol. The number of hydrogen-bond donors (Lipinski definition) is 1. The fourth-order valence-electron chi connectivity index (χ4n) is 1.89. The molecule has 0 amide bonds. The lowest BCUT2D eigenvalue weighted by Crippen LogP contribution is -2.05. The number of aryl methyl sites for hydroxylation is 1. The Hall–Kier alpha value is -0.450. The van der Waals surface area contributed by atoms with E-state index in [1.54, 1.807) is 0 Å². The van der Waals surface area contributed by atoms with Crippen LogP contribution in [0, 0.1) is 0 Å². The molecular formula is C11H18N2OS. The highest BCUT2D eigenvalue weighted by Gasteiger charge is 2.22. The highest BCUT2D eigenvalue weighted by atomic mass is 32.1. The molecule has 2 rings (SSSR count). The molecule has 4 heteroatoms. The fraction of sp³-hybridized carbons (Fsp3) is 0.727. The Balaban J connectivity index is 2.17. The van der Waals surface area contributed by atoms with Crippen LogP contribution in [0.15, 0.2) is 0 Å². The molecule has 3 nitrogen and oxygen atoms in total. The molecule has 1 atom stereocenters. The minimum absolute atomic E-state index is 0.269. The molecule has 1 fully saturated rings. The van der Waals surface area contributed by atoms with Gasteiger partial charge >= 0.3 is 0 Å². The first kappa shape index (κ1) is 11.0. The van der Waals surface area contributed by atoms with Crippen molar-refractivity contribution in [1.29, 1.82) is 0 Å². The van der Waals surface area contributed by atoms with Gasteiger partial charge in [-0.3, -0.25) is 0 Å². The molecule has 2 heterocycles. The quantitative estimate of drug-likeness (QED) is 0.855. The summed E-state index contributed by atoms with van der Waals surface area (Å²) < 4.78 is 5.66. The molecule has 1 aromatic heterocycles. The molecule has 1 unspecified atom stereocenters. The number of thiazole rings is 1. The molecule has 1 saturated heterocycles. The van der Waals surface area contributed by atoms with Crippen molar-refractivity contribution in [3.05, 3.63) is 15.6 Å². The van der Waals surface area contributed by atoms with E-state index >= 15 is 0 Å². The van der Waals surface area contributed by atoms with E-state index in [0.717, 1.165) is 26.0 Å². The van der Waals surface area contributed by atoms with Gasteiger partial charge in [-0.25, -0.2) is 4.98 Å². The van der Waals surface area contributed by atoms with E-state index in [0.29, 0.717) is 0 Å². The lowest BCUT2D eigenvalue weighted by molar-refractivity contribution is 0.111. The van der Waals surface area contributed by atoms with Crippen LogP contribution in [-0.2, 0) is 17.7 Å². The van der Waals surface area contributed by atoms with Crippen molar-refractivity contribution in [3.8, 4) is 0 Å². The van der Waals surface area contributed by atoms with Crippen LogP contribution < -0.4 is 5.32 Å². The van der Waals surface area contributed by atoms with Gasteiger partial charge in [-0.05, 0) is 26.3 Å². The summed E-state index contributed by atoms with van der Waals surface area (Å²) in [7, 11) is 1.98. The van der Waals surface area contributed by atoms with Gasteiger partial charge in [0.2, 0.25) is 0 Å². The second kappa shape index (κ2) is 5.05. The van der Waals surface area contributed by atoms with Gasteiger partial charge < -0.3 is 10.1 Å². The number of rotatable bonds is 4. The molecule has 1 aliphatic heterocycles. The summed E-state index contributed by atoms with van der Waals surface area (Å²) in [4.78, 5) is 6.05. The third kappa shape index (κ3) is 2.38. The molecule has 84 valence electrons. The standard InChI is InChI=1S/C11H18N2OS/c1-3-8-10(7-12-2)15-11(13-8)9-5-4-6-14-9/h9,12H,3-7H2,1-2H3. The molecule has 1 N–H and O–H groups in total. The van der Waals surface area contributed by atoms with Crippen LogP contribution >= 0.6 is 11.3 Å². The van der Waals surface area contributed by atoms with Crippen molar-refractivity contribution in [2.75, 3.05) is 13.7 Å². The number of nitrogens with one attached hydrogen (secondary N) is 1. The average molecular weight is 226 g/mol. The second-order valence-electron chi connectivity index (χ2n) is 3.81. The second-order valence-corrected chi connectivity index (χ2v) is 4.92. The summed E-state index contributed by atoms with van der Waals surface area (Å²) in [6, 6.07) is 0. The summed E-state index contributed by atoms with van der Waals surface area (Å²) in [5, 5.41) is 4.37. The zero-order valence-electron chi connectivity index (χ0n) is 9.38. The highest BCUT2D eigenvalue weighted by molar-refractivity contribution is 7.11. The Bertz CT molecular complexity index is 318. The zero-order valence-corrected chi connectivity index (χ0v) is 10.2. The van der Waals surface area contributed by atoms with Gasteiger partial charge in [0, 0.05) is 18.0 Å². The minimum atomic E-state index is 0.269. The van der Waals surface area contributed by atoms with Gasteiger partial charge in [-0.1, -0.05) is 6.92 Å². The van der Waals surface area contributed by atoms with Gasteiger partial charge in [0.05, 0.1) is 5.69 Å². The molecular weight excluding hydrogens is 208 g/mol. The van der Waals surface area contributed by atoms with Crippen molar-refractivity contribution in [2.24, 2.45) is 0 Å². The molecule has 0 bridgehead atoms. The minimum Gasteiger partial charge on any atom is -0.371 e. The van der Waals surface area contributed by atoms with Crippen LogP contribution in [0.2, 0.25) is 0 Å². The summed E-state index contributed by atoms with van der Waals surface area (Å²) in [5.41, 5.74) is 1.24. The van der Waals surface area contributed by atoms with Crippen LogP contribution in [-0.4, -0.2) is 18.6 Å². The normalized spacial score (nSPS) is 21.1. The summed E-state index contributed by atoms with van der Waals surface area (Å²) in [6.07, 6.45) is 3.59. The van der Waals surface area contributed by atoms with Crippen molar-refractivity contribution < 1.29 is 4.74 Å². The van der Waals surface area contributed by atoms with E-state index in [9.17, 15) is 0 Å². The van der Waals surface area contributed by atoms with Crippen LogP contribution in [0.4, 0.5) is 0 Å². The Morgan fingerprint density at radius 3 is 3.07 bits per heavy atom. The van der Waals surface area contributed by atoms with E-state index in [1.165, 1.54) is 22.0 Å². The summed E-state index contributed by atoms with van der Waals surface area (Å²) >= 11 is 1.81. The smallest absolute Gasteiger partial charge is 0.122 e. The largest absolute Gasteiger partial charge is 0.371 e. The first-order valence-electron chi connectivity index (χ1n) is 5.59. The SMILES string of the molecule is CCc1nc(C2CCCO2)sc1CNC. The van der Waals surface area contributed by atoms with Crippen molar-refractivity contribution >= 4 is 11.3 Å². The van der Waals surface area contributed by atoms with Crippen LogP contribution in [0.1, 0.15) is 41.4 Å². The molecule has 0 spiro atoms. The molecule has 0 saturated carbocycles. The summed E-state index contributed by atoms with van der Waals surface area (Å²) in [5.74, 6) is 0. The molecule has 0 aromatic carbocycles. The third-order valence-electron chi connectivity index (χ3n) is 2.67. The maximum absolute atomic E-state index is 5.66. The molecule has 0 aliphatic carbocycles. The van der Waals surface area contributed by atoms with E-state index < -0.39 is 0 Å². The summed E-state index contributed by atoms with van der Waals surface area (Å²) in [6.45, 7) is 3.98. The number of ether oxygens (including phenoxy) is 1. The van der Waals surface area contributed by atoms with Crippen LogP contribution in [0.5, 0.6) is 0 Å². The lowest BCUT2D eigenvalue weighted by Gasteiger charge is -2.03. The third-order valence-corrected chi connectivity index (χ3v) is 3.86. The van der Waals surface area contributed by atoms with Gasteiger partial charge in [0.25, 0.3) is 0 Å². The Morgan fingerprint density at radius 2 is 2.47 bits per heavy atom. The van der Waals surface area contributed by atoms with E-state index in [2.05, 4.69) is 17.2 Å². The van der Waals surface area contributed by atoms with E-state index in [1.807, 2.05) is 18.4 Å². The van der Waals surface area contributed by atoms with E-state index in [-0.39, 0.29) is 6.10 Å². The zero-order chi connectivity index (χ0) is 10.7.